The van der Waals surface area contributed by atoms with Crippen LogP contribution in [0.4, 0.5) is 15.6 Å². The molecule has 0 unspecified atom stereocenters. The Morgan fingerprint density at radius 1 is 1.22 bits per heavy atom. The van der Waals surface area contributed by atoms with Crippen molar-refractivity contribution in [1.29, 1.82) is 0 Å². The highest BCUT2D eigenvalue weighted by molar-refractivity contribution is 7.13. The first-order valence-corrected chi connectivity index (χ1v) is 9.89. The van der Waals surface area contributed by atoms with Crippen LogP contribution in [0.5, 0.6) is 0 Å². The fraction of sp³-hybridized carbons (Fsp3) is 0.421. The Hall–Kier alpha value is -2.61. The van der Waals surface area contributed by atoms with E-state index >= 15 is 0 Å². The summed E-state index contributed by atoms with van der Waals surface area (Å²) in [6.45, 7) is 9.11. The molecule has 142 valence electrons. The highest BCUT2D eigenvalue weighted by Crippen LogP contribution is 2.27. The lowest BCUT2D eigenvalue weighted by Crippen LogP contribution is -2.50. The molecule has 27 heavy (non-hydrogen) atoms. The van der Waals surface area contributed by atoms with Crippen LogP contribution in [-0.2, 0) is 5.41 Å². The van der Waals surface area contributed by atoms with Crippen LogP contribution in [0.15, 0.2) is 34.2 Å². The van der Waals surface area contributed by atoms with E-state index in [0.717, 1.165) is 35.0 Å². The Morgan fingerprint density at radius 2 is 2.00 bits per heavy atom. The van der Waals surface area contributed by atoms with Crippen molar-refractivity contribution in [2.24, 2.45) is 0 Å². The maximum absolute atomic E-state index is 12.6. The Balaban J connectivity index is 1.41. The van der Waals surface area contributed by atoms with Crippen molar-refractivity contribution in [3.8, 4) is 0 Å². The summed E-state index contributed by atoms with van der Waals surface area (Å²) in [7, 11) is 0. The number of fused-ring (bicyclic) bond motifs is 1. The molecule has 0 saturated carbocycles. The average Bonchev–Trinajstić information content (AvgIpc) is 3.31. The highest BCUT2D eigenvalue weighted by Gasteiger charge is 2.23. The Kier molecular flexibility index (Phi) is 4.51. The molecule has 0 radical (unpaired) electrons. The molecular weight excluding hydrogens is 362 g/mol. The van der Waals surface area contributed by atoms with Crippen molar-refractivity contribution in [2.45, 2.75) is 26.2 Å². The lowest BCUT2D eigenvalue weighted by atomic mass is 9.97. The van der Waals surface area contributed by atoms with Crippen molar-refractivity contribution in [3.63, 3.8) is 0 Å². The zero-order valence-corrected chi connectivity index (χ0v) is 16.5. The molecule has 7 nitrogen and oxygen atoms in total. The molecule has 1 fully saturated rings. The zero-order valence-electron chi connectivity index (χ0n) is 15.7. The quantitative estimate of drug-likeness (QED) is 0.723. The number of thiazole rings is 1. The van der Waals surface area contributed by atoms with Crippen LogP contribution in [0.3, 0.4) is 0 Å². The second kappa shape index (κ2) is 6.84. The van der Waals surface area contributed by atoms with E-state index in [1.165, 1.54) is 0 Å². The molecule has 2 aromatic heterocycles. The van der Waals surface area contributed by atoms with E-state index < -0.39 is 0 Å². The lowest BCUT2D eigenvalue weighted by molar-refractivity contribution is 0.208. The van der Waals surface area contributed by atoms with Crippen LogP contribution < -0.4 is 10.2 Å². The molecule has 1 aromatic carbocycles. The number of anilines is 2. The molecule has 0 aliphatic carbocycles. The van der Waals surface area contributed by atoms with Gasteiger partial charge in [0, 0.05) is 48.9 Å². The van der Waals surface area contributed by atoms with E-state index in [9.17, 15) is 4.79 Å². The smallest absolute Gasteiger partial charge is 0.321 e. The minimum atomic E-state index is -0.153. The molecule has 1 aliphatic rings. The number of amides is 2. The van der Waals surface area contributed by atoms with E-state index in [1.54, 1.807) is 11.3 Å². The summed E-state index contributed by atoms with van der Waals surface area (Å²) >= 11 is 1.63. The van der Waals surface area contributed by atoms with Gasteiger partial charge in [-0.1, -0.05) is 20.8 Å². The molecule has 1 aliphatic heterocycles. The summed E-state index contributed by atoms with van der Waals surface area (Å²) in [4.78, 5) is 25.5. The molecule has 0 atom stereocenters. The standard InChI is InChI=1S/C19H23N5O2S/c1-19(2,3)16-22-14-12-13(4-5-15(14)26-16)21-17(25)23-7-9-24(10-8-23)18-20-6-11-27-18/h4-6,11-12H,7-10H2,1-3H3,(H,21,25). The maximum atomic E-state index is 12.6. The van der Waals surface area contributed by atoms with Crippen LogP contribution in [-0.4, -0.2) is 47.1 Å². The van der Waals surface area contributed by atoms with Crippen molar-refractivity contribution in [3.05, 3.63) is 35.7 Å². The largest absolute Gasteiger partial charge is 0.440 e. The van der Waals surface area contributed by atoms with Gasteiger partial charge >= 0.3 is 6.03 Å². The third-order valence-electron chi connectivity index (χ3n) is 4.54. The molecule has 3 heterocycles. The van der Waals surface area contributed by atoms with E-state index in [4.69, 9.17) is 4.42 Å². The van der Waals surface area contributed by atoms with Crippen LogP contribution in [0.25, 0.3) is 11.1 Å². The number of rotatable bonds is 2. The number of piperazine rings is 1. The molecule has 0 spiro atoms. The van der Waals surface area contributed by atoms with Crippen molar-refractivity contribution >= 4 is 39.3 Å². The predicted octanol–water partition coefficient (Wildman–Crippen LogP) is 3.94. The molecule has 0 bridgehead atoms. The normalized spacial score (nSPS) is 15.4. The van der Waals surface area contributed by atoms with Gasteiger partial charge in [0.15, 0.2) is 10.7 Å². The SMILES string of the molecule is CC(C)(C)c1nc2cc(NC(=O)N3CCN(c4nccs4)CC3)ccc2o1. The summed E-state index contributed by atoms with van der Waals surface area (Å²) in [5.41, 5.74) is 2.06. The van der Waals surface area contributed by atoms with Gasteiger partial charge in [0.2, 0.25) is 5.89 Å². The minimum Gasteiger partial charge on any atom is -0.440 e. The molecule has 4 rings (SSSR count). The Bertz CT molecular complexity index is 937. The van der Waals surface area contributed by atoms with E-state index in [-0.39, 0.29) is 11.4 Å². The average molecular weight is 385 g/mol. The number of carbonyl (C=O) groups is 1. The third kappa shape index (κ3) is 3.75. The molecule has 2 amide bonds. The molecular formula is C19H23N5O2S. The minimum absolute atomic E-state index is 0.0901. The summed E-state index contributed by atoms with van der Waals surface area (Å²) in [6, 6.07) is 5.47. The number of benzene rings is 1. The van der Waals surface area contributed by atoms with Gasteiger partial charge < -0.3 is 19.5 Å². The van der Waals surface area contributed by atoms with E-state index in [2.05, 4.69) is 41.0 Å². The number of oxazole rings is 1. The van der Waals surface area contributed by atoms with Crippen molar-refractivity contribution in [1.82, 2.24) is 14.9 Å². The molecule has 1 saturated heterocycles. The van der Waals surface area contributed by atoms with Gasteiger partial charge in [0.25, 0.3) is 0 Å². The van der Waals surface area contributed by atoms with Crippen LogP contribution in [0, 0.1) is 0 Å². The van der Waals surface area contributed by atoms with Crippen LogP contribution >= 0.6 is 11.3 Å². The first-order chi connectivity index (χ1) is 12.9. The number of aromatic nitrogens is 2. The van der Waals surface area contributed by atoms with Crippen molar-refractivity contribution in [2.75, 3.05) is 36.4 Å². The summed E-state index contributed by atoms with van der Waals surface area (Å²) < 4.78 is 5.81. The number of hydrogen-bond acceptors (Lipinski definition) is 6. The van der Waals surface area contributed by atoms with Gasteiger partial charge in [-0.3, -0.25) is 0 Å². The summed E-state index contributed by atoms with van der Waals surface area (Å²) in [6.07, 6.45) is 1.81. The number of urea groups is 1. The topological polar surface area (TPSA) is 74.5 Å². The maximum Gasteiger partial charge on any atom is 0.321 e. The molecule has 3 aromatic rings. The van der Waals surface area contributed by atoms with Gasteiger partial charge in [-0.05, 0) is 18.2 Å². The van der Waals surface area contributed by atoms with Gasteiger partial charge in [-0.25, -0.2) is 14.8 Å². The monoisotopic (exact) mass is 385 g/mol. The van der Waals surface area contributed by atoms with Crippen LogP contribution in [0.1, 0.15) is 26.7 Å². The number of nitrogens with one attached hydrogen (secondary N) is 1. The first-order valence-electron chi connectivity index (χ1n) is 9.01. The zero-order chi connectivity index (χ0) is 19.0. The number of carbonyl (C=O) groups excluding carboxylic acids is 1. The van der Waals surface area contributed by atoms with Gasteiger partial charge in [-0.2, -0.15) is 0 Å². The highest BCUT2D eigenvalue weighted by atomic mass is 32.1. The summed E-state index contributed by atoms with van der Waals surface area (Å²) in [5.74, 6) is 0.694. The van der Waals surface area contributed by atoms with E-state index in [1.807, 2.05) is 34.7 Å². The van der Waals surface area contributed by atoms with Gasteiger partial charge in [0.05, 0.1) is 0 Å². The second-order valence-corrected chi connectivity index (χ2v) is 8.54. The van der Waals surface area contributed by atoms with Gasteiger partial charge in [-0.15, -0.1) is 11.3 Å². The fourth-order valence-electron chi connectivity index (χ4n) is 3.00. The summed E-state index contributed by atoms with van der Waals surface area (Å²) in [5, 5.41) is 5.96. The fourth-order valence-corrected chi connectivity index (χ4v) is 3.70. The predicted molar refractivity (Wildman–Crippen MR) is 108 cm³/mol. The lowest BCUT2D eigenvalue weighted by Gasteiger charge is -2.34. The Labute approximate surface area is 162 Å². The Morgan fingerprint density at radius 3 is 2.67 bits per heavy atom. The number of nitrogens with zero attached hydrogens (tertiary/aromatic N) is 4. The second-order valence-electron chi connectivity index (χ2n) is 7.67. The number of hydrogen-bond donors (Lipinski definition) is 1. The third-order valence-corrected chi connectivity index (χ3v) is 5.37. The van der Waals surface area contributed by atoms with Gasteiger partial charge in [0.1, 0.15) is 5.52 Å². The van der Waals surface area contributed by atoms with Crippen LogP contribution in [0.2, 0.25) is 0 Å². The van der Waals surface area contributed by atoms with Crippen molar-refractivity contribution < 1.29 is 9.21 Å². The molecule has 8 heteroatoms. The van der Waals surface area contributed by atoms with E-state index in [0.29, 0.717) is 19.0 Å². The molecule has 1 N–H and O–H groups in total. The first kappa shape index (κ1) is 17.8.